The van der Waals surface area contributed by atoms with E-state index in [2.05, 4.69) is 22.6 Å². The average molecular weight is 376 g/mol. The summed E-state index contributed by atoms with van der Waals surface area (Å²) in [5.41, 5.74) is 6.88. The Morgan fingerprint density at radius 1 is 1.39 bits per heavy atom. The van der Waals surface area contributed by atoms with Crippen molar-refractivity contribution in [3.63, 3.8) is 0 Å². The highest BCUT2D eigenvalue weighted by Gasteiger charge is 2.38. The van der Waals surface area contributed by atoms with Crippen LogP contribution in [0.15, 0.2) is 11.4 Å². The minimum atomic E-state index is 0.206. The molecule has 0 aromatic carbocycles. The number of likely N-dealkylation sites (tertiary alicyclic amines) is 1. The lowest BCUT2D eigenvalue weighted by atomic mass is 9.79. The SMILES string of the molecule is NC1CC[C@@H]2CN(C(=O)c3csc(I)c3)C[C@@H]2C1. The van der Waals surface area contributed by atoms with Crippen molar-refractivity contribution in [2.75, 3.05) is 13.1 Å². The largest absolute Gasteiger partial charge is 0.338 e. The maximum absolute atomic E-state index is 12.4. The third-order valence-corrected chi connectivity index (χ3v) is 5.98. The molecule has 1 unspecified atom stereocenters. The highest BCUT2D eigenvalue weighted by molar-refractivity contribution is 14.1. The molecule has 18 heavy (non-hydrogen) atoms. The Labute approximate surface area is 125 Å². The highest BCUT2D eigenvalue weighted by Crippen LogP contribution is 2.36. The number of nitrogens with two attached hydrogens (primary N) is 1. The van der Waals surface area contributed by atoms with Gasteiger partial charge in [0.05, 0.1) is 8.45 Å². The van der Waals surface area contributed by atoms with E-state index in [9.17, 15) is 4.79 Å². The summed E-state index contributed by atoms with van der Waals surface area (Å²) in [5, 5.41) is 1.97. The molecule has 2 aliphatic rings. The molecule has 1 aromatic heterocycles. The Morgan fingerprint density at radius 2 is 2.17 bits per heavy atom. The summed E-state index contributed by atoms with van der Waals surface area (Å²) in [4.78, 5) is 14.4. The molecule has 1 saturated carbocycles. The van der Waals surface area contributed by atoms with Crippen LogP contribution in [0.2, 0.25) is 0 Å². The van der Waals surface area contributed by atoms with Gasteiger partial charge in [-0.3, -0.25) is 4.79 Å². The van der Waals surface area contributed by atoms with Gasteiger partial charge in [0.15, 0.2) is 0 Å². The minimum Gasteiger partial charge on any atom is -0.338 e. The standard InChI is InChI=1S/C13H17IN2OS/c14-12-4-10(7-18-12)13(17)16-5-8-1-2-11(15)3-9(8)6-16/h4,7-9,11H,1-3,5-6,15H2/t8-,9+,11?/m1/s1. The van der Waals surface area contributed by atoms with Gasteiger partial charge in [-0.25, -0.2) is 0 Å². The predicted octanol–water partition coefficient (Wildman–Crippen LogP) is 2.55. The summed E-state index contributed by atoms with van der Waals surface area (Å²) < 4.78 is 1.18. The normalized spacial score (nSPS) is 31.4. The summed E-state index contributed by atoms with van der Waals surface area (Å²) in [6.45, 7) is 1.84. The summed E-state index contributed by atoms with van der Waals surface area (Å²) in [7, 11) is 0. The Bertz CT molecular complexity index is 462. The zero-order valence-corrected chi connectivity index (χ0v) is 13.1. The molecule has 1 aliphatic carbocycles. The number of halogens is 1. The topological polar surface area (TPSA) is 46.3 Å². The second-order valence-corrected chi connectivity index (χ2v) is 8.25. The van der Waals surface area contributed by atoms with Gasteiger partial charge in [-0.15, -0.1) is 11.3 Å². The summed E-state index contributed by atoms with van der Waals surface area (Å²) >= 11 is 3.90. The first-order valence-corrected chi connectivity index (χ1v) is 8.38. The molecule has 2 heterocycles. The molecule has 1 aromatic rings. The molecular weight excluding hydrogens is 359 g/mol. The Morgan fingerprint density at radius 3 is 2.89 bits per heavy atom. The number of fused-ring (bicyclic) bond motifs is 1. The van der Waals surface area contributed by atoms with Crippen LogP contribution in [0.5, 0.6) is 0 Å². The molecule has 3 nitrogen and oxygen atoms in total. The average Bonchev–Trinajstić information content (AvgIpc) is 2.93. The quantitative estimate of drug-likeness (QED) is 0.766. The molecule has 3 rings (SSSR count). The fraction of sp³-hybridized carbons (Fsp3) is 0.615. The minimum absolute atomic E-state index is 0.206. The molecule has 1 aliphatic heterocycles. The fourth-order valence-electron chi connectivity index (χ4n) is 3.24. The molecule has 1 saturated heterocycles. The Kier molecular flexibility index (Phi) is 3.64. The van der Waals surface area contributed by atoms with Gasteiger partial charge >= 0.3 is 0 Å². The van der Waals surface area contributed by atoms with Crippen LogP contribution in [0, 0.1) is 14.7 Å². The number of nitrogens with zero attached hydrogens (tertiary/aromatic N) is 1. The molecule has 0 radical (unpaired) electrons. The van der Waals surface area contributed by atoms with E-state index in [0.29, 0.717) is 17.9 Å². The van der Waals surface area contributed by atoms with E-state index in [1.54, 1.807) is 11.3 Å². The van der Waals surface area contributed by atoms with Gasteiger partial charge < -0.3 is 10.6 Å². The Hall–Kier alpha value is -0.140. The predicted molar refractivity (Wildman–Crippen MR) is 81.7 cm³/mol. The zero-order chi connectivity index (χ0) is 12.7. The van der Waals surface area contributed by atoms with Crippen molar-refractivity contribution in [3.8, 4) is 0 Å². The second kappa shape index (κ2) is 5.09. The summed E-state index contributed by atoms with van der Waals surface area (Å²) in [5.74, 6) is 1.53. The molecule has 2 N–H and O–H groups in total. The van der Waals surface area contributed by atoms with Crippen molar-refractivity contribution in [1.29, 1.82) is 0 Å². The van der Waals surface area contributed by atoms with Crippen LogP contribution in [0.3, 0.4) is 0 Å². The zero-order valence-electron chi connectivity index (χ0n) is 10.1. The van der Waals surface area contributed by atoms with Gasteiger partial charge in [0.2, 0.25) is 0 Å². The maximum atomic E-state index is 12.4. The number of rotatable bonds is 1. The van der Waals surface area contributed by atoms with Crippen molar-refractivity contribution in [2.45, 2.75) is 25.3 Å². The van der Waals surface area contributed by atoms with Crippen molar-refractivity contribution in [2.24, 2.45) is 17.6 Å². The van der Waals surface area contributed by atoms with Crippen molar-refractivity contribution >= 4 is 39.8 Å². The number of hydrogen-bond acceptors (Lipinski definition) is 3. The molecule has 0 bridgehead atoms. The van der Waals surface area contributed by atoms with E-state index in [-0.39, 0.29) is 5.91 Å². The van der Waals surface area contributed by atoms with Crippen LogP contribution in [-0.4, -0.2) is 29.9 Å². The lowest BCUT2D eigenvalue weighted by molar-refractivity contribution is 0.0784. The summed E-state index contributed by atoms with van der Waals surface area (Å²) in [6, 6.07) is 2.34. The fourth-order valence-corrected chi connectivity index (χ4v) is 4.56. The molecule has 98 valence electrons. The monoisotopic (exact) mass is 376 g/mol. The molecule has 1 amide bonds. The first-order valence-electron chi connectivity index (χ1n) is 6.42. The number of hydrogen-bond donors (Lipinski definition) is 1. The number of thiophene rings is 1. The van der Waals surface area contributed by atoms with E-state index in [1.807, 2.05) is 16.3 Å². The van der Waals surface area contributed by atoms with Crippen LogP contribution < -0.4 is 5.73 Å². The number of amides is 1. The van der Waals surface area contributed by atoms with Gasteiger partial charge in [0.1, 0.15) is 0 Å². The maximum Gasteiger partial charge on any atom is 0.254 e. The van der Waals surface area contributed by atoms with Crippen LogP contribution in [0.25, 0.3) is 0 Å². The van der Waals surface area contributed by atoms with Crippen LogP contribution in [0.4, 0.5) is 0 Å². The smallest absolute Gasteiger partial charge is 0.254 e. The molecule has 2 fully saturated rings. The second-order valence-electron chi connectivity index (χ2n) is 5.44. The number of carbonyl (C=O) groups excluding carboxylic acids is 1. The molecular formula is C13H17IN2OS. The molecule has 0 spiro atoms. The molecule has 5 heteroatoms. The van der Waals surface area contributed by atoms with E-state index >= 15 is 0 Å². The van der Waals surface area contributed by atoms with E-state index in [0.717, 1.165) is 31.5 Å². The van der Waals surface area contributed by atoms with E-state index in [4.69, 9.17) is 5.73 Å². The first-order chi connectivity index (χ1) is 8.63. The van der Waals surface area contributed by atoms with Gasteiger partial charge in [-0.05, 0) is 59.8 Å². The third-order valence-electron chi connectivity index (χ3n) is 4.19. The molecule has 3 atom stereocenters. The first kappa shape index (κ1) is 12.9. The van der Waals surface area contributed by atoms with Crippen LogP contribution >= 0.6 is 33.9 Å². The lowest BCUT2D eigenvalue weighted by Gasteiger charge is -2.27. The van der Waals surface area contributed by atoms with Gasteiger partial charge in [0, 0.05) is 24.5 Å². The van der Waals surface area contributed by atoms with Crippen molar-refractivity contribution in [1.82, 2.24) is 4.90 Å². The Balaban J connectivity index is 1.70. The number of carbonyl (C=O) groups is 1. The van der Waals surface area contributed by atoms with Crippen LogP contribution in [-0.2, 0) is 0 Å². The van der Waals surface area contributed by atoms with Crippen molar-refractivity contribution in [3.05, 3.63) is 19.9 Å². The summed E-state index contributed by atoms with van der Waals surface area (Å²) in [6.07, 6.45) is 3.41. The van der Waals surface area contributed by atoms with Gasteiger partial charge in [0.25, 0.3) is 5.91 Å². The van der Waals surface area contributed by atoms with Crippen LogP contribution in [0.1, 0.15) is 29.6 Å². The van der Waals surface area contributed by atoms with E-state index in [1.165, 1.54) is 9.30 Å². The highest BCUT2D eigenvalue weighted by atomic mass is 127. The van der Waals surface area contributed by atoms with Gasteiger partial charge in [-0.2, -0.15) is 0 Å². The van der Waals surface area contributed by atoms with Gasteiger partial charge in [-0.1, -0.05) is 0 Å². The van der Waals surface area contributed by atoms with E-state index < -0.39 is 0 Å². The third kappa shape index (κ3) is 2.44. The lowest BCUT2D eigenvalue weighted by Crippen LogP contribution is -2.32. The van der Waals surface area contributed by atoms with Crippen molar-refractivity contribution < 1.29 is 4.79 Å².